The number of nitrogens with one attached hydrogen (secondary N) is 1. The highest BCUT2D eigenvalue weighted by Gasteiger charge is 2.35. The van der Waals surface area contributed by atoms with Gasteiger partial charge in [0, 0.05) is 25.2 Å². The summed E-state index contributed by atoms with van der Waals surface area (Å²) in [4.78, 5) is 21.3. The van der Waals surface area contributed by atoms with E-state index < -0.39 is 28.9 Å². The molecule has 1 aromatic heterocycles. The molecule has 0 bridgehead atoms. The number of nitrogens with zero attached hydrogens (tertiary/aromatic N) is 4. The number of hydrogen-bond donors (Lipinski definition) is 1. The van der Waals surface area contributed by atoms with E-state index in [1.165, 1.54) is 13.2 Å². The number of aliphatic imine (C=N–C) groups is 2. The number of alkyl halides is 3. The number of halogens is 5. The van der Waals surface area contributed by atoms with Gasteiger partial charge in [-0.1, -0.05) is 11.6 Å². The number of hydrogen-bond acceptors (Lipinski definition) is 6. The largest absolute Gasteiger partial charge is 0.438 e. The number of ether oxygens (including phenoxy) is 1. The first-order valence-electron chi connectivity index (χ1n) is 8.84. The van der Waals surface area contributed by atoms with Gasteiger partial charge in [-0.15, -0.1) is 0 Å². The summed E-state index contributed by atoms with van der Waals surface area (Å²) in [6.07, 6.45) is -3.13. The summed E-state index contributed by atoms with van der Waals surface area (Å²) >= 11 is 6.05. The zero-order chi connectivity index (χ0) is 22.8. The number of aromatic amines is 1. The van der Waals surface area contributed by atoms with Crippen LogP contribution < -0.4 is 15.2 Å². The molecular weight excluding hydrogens is 442 g/mol. The van der Waals surface area contributed by atoms with Gasteiger partial charge in [-0.2, -0.15) is 18.3 Å². The van der Waals surface area contributed by atoms with E-state index in [0.29, 0.717) is 41.7 Å². The Morgan fingerprint density at radius 3 is 2.77 bits per heavy atom. The monoisotopic (exact) mass is 457 g/mol. The minimum atomic E-state index is -4.75. The number of aromatic nitrogens is 2. The molecule has 0 fully saturated rings. The molecule has 7 nitrogen and oxygen atoms in total. The molecule has 3 rings (SSSR count). The maximum Gasteiger partial charge on any atom is 0.419 e. The van der Waals surface area contributed by atoms with Crippen LogP contribution >= 0.6 is 11.6 Å². The molecule has 31 heavy (non-hydrogen) atoms. The molecule has 0 radical (unpaired) electrons. The molecule has 1 aliphatic rings. The van der Waals surface area contributed by atoms with Crippen molar-refractivity contribution in [3.63, 3.8) is 0 Å². The van der Waals surface area contributed by atoms with Gasteiger partial charge in [0.15, 0.2) is 0 Å². The van der Waals surface area contributed by atoms with E-state index >= 15 is 0 Å². The molecule has 0 unspecified atom stereocenters. The third-order valence-corrected chi connectivity index (χ3v) is 4.91. The van der Waals surface area contributed by atoms with Crippen LogP contribution in [0.5, 0.6) is 5.75 Å². The van der Waals surface area contributed by atoms with Crippen molar-refractivity contribution in [3.05, 3.63) is 62.4 Å². The number of benzene rings is 1. The first kappa shape index (κ1) is 22.5. The third-order valence-electron chi connectivity index (χ3n) is 4.55. The standard InChI is InChI=1S/C19H16ClF4N5O2/c1-25-13-9-29(14-8-27-28-17(30)16(14)20)6-5-11(13)18(26-2)31-15-7-10(21)3-4-12(15)19(22,23)24/h3-4,7-8H,1,5-6,9H2,2H3,(H,28,30)/b26-18+. The van der Waals surface area contributed by atoms with Gasteiger partial charge in [-0.05, 0) is 25.3 Å². The highest BCUT2D eigenvalue weighted by Crippen LogP contribution is 2.37. The zero-order valence-electron chi connectivity index (χ0n) is 16.1. The van der Waals surface area contributed by atoms with Crippen molar-refractivity contribution in [3.8, 4) is 5.75 Å². The molecule has 0 saturated carbocycles. The molecule has 0 atom stereocenters. The summed E-state index contributed by atoms with van der Waals surface area (Å²) in [7, 11) is 1.33. The second kappa shape index (κ2) is 8.88. The maximum atomic E-state index is 13.6. The van der Waals surface area contributed by atoms with Crippen molar-refractivity contribution in [2.45, 2.75) is 12.6 Å². The van der Waals surface area contributed by atoms with Crippen LogP contribution in [0, 0.1) is 5.82 Å². The lowest BCUT2D eigenvalue weighted by molar-refractivity contribution is -0.138. The Kier molecular flexibility index (Phi) is 6.44. The number of H-pyrrole nitrogens is 1. The lowest BCUT2D eigenvalue weighted by Crippen LogP contribution is -2.35. The predicted molar refractivity (Wildman–Crippen MR) is 109 cm³/mol. The van der Waals surface area contributed by atoms with Crippen LogP contribution in [-0.2, 0) is 6.18 Å². The Balaban J connectivity index is 1.95. The van der Waals surface area contributed by atoms with Crippen molar-refractivity contribution >= 4 is 29.9 Å². The van der Waals surface area contributed by atoms with Crippen molar-refractivity contribution in [2.75, 3.05) is 25.0 Å². The first-order valence-corrected chi connectivity index (χ1v) is 9.22. The minimum Gasteiger partial charge on any atom is -0.438 e. The van der Waals surface area contributed by atoms with Gasteiger partial charge in [0.25, 0.3) is 5.56 Å². The van der Waals surface area contributed by atoms with Crippen LogP contribution in [0.2, 0.25) is 5.02 Å². The SMILES string of the molecule is C=NC1=C(/C(=N\C)Oc2cc(F)ccc2C(F)(F)F)CCN(c2cn[nH]c(=O)c2Cl)C1. The summed E-state index contributed by atoms with van der Waals surface area (Å²) in [5.74, 6) is -1.75. The minimum absolute atomic E-state index is 0.0583. The van der Waals surface area contributed by atoms with Crippen molar-refractivity contribution in [2.24, 2.45) is 9.98 Å². The van der Waals surface area contributed by atoms with Crippen LogP contribution in [0.3, 0.4) is 0 Å². The molecule has 164 valence electrons. The summed E-state index contributed by atoms with van der Waals surface area (Å²) in [6, 6.07) is 1.95. The Labute approximate surface area is 178 Å². The topological polar surface area (TPSA) is 82.9 Å². The van der Waals surface area contributed by atoms with Gasteiger partial charge in [0.2, 0.25) is 5.90 Å². The molecule has 0 aliphatic carbocycles. The second-order valence-corrected chi connectivity index (χ2v) is 6.80. The van der Waals surface area contributed by atoms with Crippen molar-refractivity contribution in [1.29, 1.82) is 0 Å². The third kappa shape index (κ3) is 4.76. The fourth-order valence-electron chi connectivity index (χ4n) is 3.08. The average Bonchev–Trinajstić information content (AvgIpc) is 2.73. The molecule has 0 spiro atoms. The molecular formula is C19H16ClF4N5O2. The van der Waals surface area contributed by atoms with Crippen molar-refractivity contribution < 1.29 is 22.3 Å². The van der Waals surface area contributed by atoms with E-state index in [-0.39, 0.29) is 23.9 Å². The van der Waals surface area contributed by atoms with E-state index in [1.807, 2.05) is 0 Å². The number of anilines is 1. The number of rotatable bonds is 4. The molecule has 2 aromatic rings. The zero-order valence-corrected chi connectivity index (χ0v) is 16.9. The van der Waals surface area contributed by atoms with Crippen LogP contribution in [0.1, 0.15) is 12.0 Å². The Morgan fingerprint density at radius 2 is 2.13 bits per heavy atom. The highest BCUT2D eigenvalue weighted by molar-refractivity contribution is 6.33. The van der Waals surface area contributed by atoms with Gasteiger partial charge in [-0.25, -0.2) is 9.49 Å². The van der Waals surface area contributed by atoms with E-state index in [9.17, 15) is 22.4 Å². The van der Waals surface area contributed by atoms with Crippen LogP contribution in [-0.4, -0.2) is 42.9 Å². The maximum absolute atomic E-state index is 13.6. The van der Waals surface area contributed by atoms with E-state index in [4.69, 9.17) is 16.3 Å². The summed E-state index contributed by atoms with van der Waals surface area (Å²) in [5.41, 5.74) is -0.575. The van der Waals surface area contributed by atoms with Crippen LogP contribution in [0.25, 0.3) is 0 Å². The van der Waals surface area contributed by atoms with Gasteiger partial charge in [0.1, 0.15) is 16.6 Å². The molecule has 0 amide bonds. The second-order valence-electron chi connectivity index (χ2n) is 6.42. The van der Waals surface area contributed by atoms with Gasteiger partial charge in [-0.3, -0.25) is 14.8 Å². The Morgan fingerprint density at radius 1 is 1.39 bits per heavy atom. The van der Waals surface area contributed by atoms with Crippen molar-refractivity contribution in [1.82, 2.24) is 10.2 Å². The van der Waals surface area contributed by atoms with Gasteiger partial charge < -0.3 is 9.64 Å². The lowest BCUT2D eigenvalue weighted by Gasteiger charge is -2.31. The van der Waals surface area contributed by atoms with E-state index in [1.54, 1.807) is 4.90 Å². The predicted octanol–water partition coefficient (Wildman–Crippen LogP) is 3.85. The normalized spacial score (nSPS) is 15.3. The summed E-state index contributed by atoms with van der Waals surface area (Å²) < 4.78 is 58.9. The summed E-state index contributed by atoms with van der Waals surface area (Å²) in [5, 5.41) is 5.88. The fraction of sp³-hybridized carbons (Fsp3) is 0.263. The molecule has 1 N–H and O–H groups in total. The van der Waals surface area contributed by atoms with E-state index in [2.05, 4.69) is 26.9 Å². The van der Waals surface area contributed by atoms with Crippen LogP contribution in [0.15, 0.2) is 50.4 Å². The lowest BCUT2D eigenvalue weighted by atomic mass is 10.0. The molecule has 2 heterocycles. The highest BCUT2D eigenvalue weighted by atomic mass is 35.5. The van der Waals surface area contributed by atoms with E-state index in [0.717, 1.165) is 0 Å². The molecule has 1 aromatic carbocycles. The Hall–Kier alpha value is -3.21. The van der Waals surface area contributed by atoms with Crippen LogP contribution in [0.4, 0.5) is 23.2 Å². The molecule has 12 heteroatoms. The molecule has 1 aliphatic heterocycles. The van der Waals surface area contributed by atoms with Gasteiger partial charge in [0.05, 0.1) is 29.7 Å². The fourth-order valence-corrected chi connectivity index (χ4v) is 3.29. The molecule has 0 saturated heterocycles. The quantitative estimate of drug-likeness (QED) is 0.429. The summed E-state index contributed by atoms with van der Waals surface area (Å²) in [6.45, 7) is 3.94. The average molecular weight is 458 g/mol. The van der Waals surface area contributed by atoms with Gasteiger partial charge >= 0.3 is 6.18 Å². The first-order chi connectivity index (χ1) is 14.7. The smallest absolute Gasteiger partial charge is 0.419 e. The Bertz CT molecular complexity index is 1130.